The zero-order valence-electron chi connectivity index (χ0n) is 16.7. The van der Waals surface area contributed by atoms with Crippen LogP contribution >= 0.6 is 62.5 Å². The molecule has 0 radical (unpaired) electrons. The zero-order chi connectivity index (χ0) is 23.6. The molecule has 6 nitrogen and oxygen atoms in total. The van der Waals surface area contributed by atoms with Crippen LogP contribution in [0.4, 0.5) is 4.79 Å². The van der Waals surface area contributed by atoms with Gasteiger partial charge in [-0.05, 0) is 70.5 Å². The molecular formula is C21H15BrCl3NO5S. The minimum Gasteiger partial charge on any atom is -0.486 e. The van der Waals surface area contributed by atoms with Crippen molar-refractivity contribution in [2.45, 2.75) is 19.6 Å². The predicted molar refractivity (Wildman–Crippen MR) is 129 cm³/mol. The van der Waals surface area contributed by atoms with Crippen LogP contribution in [0.5, 0.6) is 5.75 Å². The summed E-state index contributed by atoms with van der Waals surface area (Å²) in [5, 5.41) is 0.730. The number of hydrogen-bond donors (Lipinski definition) is 0. The number of imide groups is 1. The smallest absolute Gasteiger partial charge is 0.328 e. The average molecular weight is 580 g/mol. The van der Waals surface area contributed by atoms with E-state index < -0.39 is 23.2 Å². The molecular weight excluding hydrogens is 565 g/mol. The summed E-state index contributed by atoms with van der Waals surface area (Å²) in [5.74, 6) is -0.869. The van der Waals surface area contributed by atoms with Crippen molar-refractivity contribution in [1.82, 2.24) is 4.90 Å². The largest absolute Gasteiger partial charge is 0.486 e. The van der Waals surface area contributed by atoms with Crippen molar-refractivity contribution in [2.75, 3.05) is 7.11 Å². The minimum atomic E-state index is -1.02. The number of benzene rings is 2. The lowest BCUT2D eigenvalue weighted by Crippen LogP contribution is -2.42. The molecule has 0 saturated carbocycles. The Morgan fingerprint density at radius 1 is 1.19 bits per heavy atom. The fourth-order valence-corrected chi connectivity index (χ4v) is 5.19. The predicted octanol–water partition coefficient (Wildman–Crippen LogP) is 6.59. The van der Waals surface area contributed by atoms with Crippen LogP contribution in [0.15, 0.2) is 39.7 Å². The van der Waals surface area contributed by atoms with Crippen LogP contribution in [0.25, 0.3) is 6.08 Å². The van der Waals surface area contributed by atoms with E-state index in [1.807, 2.05) is 0 Å². The molecule has 1 aliphatic heterocycles. The van der Waals surface area contributed by atoms with Crippen LogP contribution in [-0.4, -0.2) is 35.2 Å². The standard InChI is InChI=1S/C21H15BrCl3NO5S/c1-10(20(28)30-2)26-19(27)17(32-21(26)29)7-11-5-14(22)18(16(25)6-11)31-9-12-3-4-13(23)8-15(12)24/h3-8,10H,9H2,1-2H3/b17-7+/t10-/m1/s1. The summed E-state index contributed by atoms with van der Waals surface area (Å²) in [7, 11) is 1.19. The molecule has 1 heterocycles. The molecule has 2 aromatic rings. The molecule has 1 atom stereocenters. The van der Waals surface area contributed by atoms with Gasteiger partial charge in [0, 0.05) is 15.6 Å². The third-order valence-corrected chi connectivity index (χ3v) is 6.80. The fourth-order valence-electron chi connectivity index (χ4n) is 2.83. The van der Waals surface area contributed by atoms with Crippen molar-refractivity contribution in [1.29, 1.82) is 0 Å². The summed E-state index contributed by atoms with van der Waals surface area (Å²) in [6, 6.07) is 7.36. The number of ether oxygens (including phenoxy) is 2. The topological polar surface area (TPSA) is 72.9 Å². The first kappa shape index (κ1) is 24.9. The molecule has 168 valence electrons. The molecule has 0 aliphatic carbocycles. The Balaban J connectivity index is 1.80. The van der Waals surface area contributed by atoms with E-state index in [-0.39, 0.29) is 16.5 Å². The first-order valence-corrected chi connectivity index (χ1v) is 11.8. The van der Waals surface area contributed by atoms with E-state index in [1.165, 1.54) is 20.1 Å². The van der Waals surface area contributed by atoms with Gasteiger partial charge < -0.3 is 9.47 Å². The lowest BCUT2D eigenvalue weighted by molar-refractivity contribution is -0.148. The molecule has 0 bridgehead atoms. The molecule has 32 heavy (non-hydrogen) atoms. The molecule has 0 spiro atoms. The summed E-state index contributed by atoms with van der Waals surface area (Å²) in [5.41, 5.74) is 1.30. The minimum absolute atomic E-state index is 0.162. The van der Waals surface area contributed by atoms with Crippen LogP contribution in [-0.2, 0) is 20.9 Å². The SMILES string of the molecule is COC(=O)[C@@H](C)N1C(=O)S/C(=C/c2cc(Cl)c(OCc3ccc(Cl)cc3Cl)c(Br)c2)C1=O. The fraction of sp³-hybridized carbons (Fsp3) is 0.190. The number of carbonyl (C=O) groups is 3. The second-order valence-electron chi connectivity index (χ2n) is 6.59. The van der Waals surface area contributed by atoms with E-state index in [4.69, 9.17) is 39.5 Å². The molecule has 3 rings (SSSR count). The van der Waals surface area contributed by atoms with Crippen molar-refractivity contribution >= 4 is 85.7 Å². The number of rotatable bonds is 6. The van der Waals surface area contributed by atoms with Crippen LogP contribution in [0.2, 0.25) is 15.1 Å². The summed E-state index contributed by atoms with van der Waals surface area (Å²) in [6.45, 7) is 1.59. The van der Waals surface area contributed by atoms with Crippen LogP contribution in [0.1, 0.15) is 18.1 Å². The Bertz CT molecular complexity index is 1120. The third kappa shape index (κ3) is 5.43. The van der Waals surface area contributed by atoms with E-state index in [1.54, 1.807) is 30.3 Å². The first-order valence-electron chi connectivity index (χ1n) is 9.03. The number of hydrogen-bond acceptors (Lipinski definition) is 6. The molecule has 0 unspecified atom stereocenters. The highest BCUT2D eigenvalue weighted by Gasteiger charge is 2.41. The third-order valence-electron chi connectivity index (χ3n) is 4.46. The van der Waals surface area contributed by atoms with Crippen LogP contribution < -0.4 is 4.74 Å². The Morgan fingerprint density at radius 3 is 2.53 bits per heavy atom. The van der Waals surface area contributed by atoms with Gasteiger partial charge in [-0.15, -0.1) is 0 Å². The van der Waals surface area contributed by atoms with Gasteiger partial charge in [0.05, 0.1) is 21.5 Å². The maximum absolute atomic E-state index is 12.7. The lowest BCUT2D eigenvalue weighted by Gasteiger charge is -2.18. The highest BCUT2D eigenvalue weighted by atomic mass is 79.9. The number of nitrogens with zero attached hydrogens (tertiary/aromatic N) is 1. The summed E-state index contributed by atoms with van der Waals surface area (Å²) >= 11 is 22.6. The normalized spacial score (nSPS) is 15.9. The van der Waals surface area contributed by atoms with Crippen molar-refractivity contribution in [3.8, 4) is 5.75 Å². The van der Waals surface area contributed by atoms with Gasteiger partial charge in [-0.2, -0.15) is 0 Å². The van der Waals surface area contributed by atoms with E-state index in [2.05, 4.69) is 20.7 Å². The lowest BCUT2D eigenvalue weighted by atomic mass is 10.2. The number of methoxy groups -OCH3 is 1. The van der Waals surface area contributed by atoms with Gasteiger partial charge >= 0.3 is 5.97 Å². The maximum Gasteiger partial charge on any atom is 0.328 e. The summed E-state index contributed by atoms with van der Waals surface area (Å²) < 4.78 is 11.0. The number of carbonyl (C=O) groups excluding carboxylic acids is 3. The van der Waals surface area contributed by atoms with E-state index in [0.717, 1.165) is 22.2 Å². The van der Waals surface area contributed by atoms with Gasteiger partial charge in [0.1, 0.15) is 12.6 Å². The van der Waals surface area contributed by atoms with E-state index in [9.17, 15) is 14.4 Å². The second kappa shape index (κ2) is 10.5. The first-order chi connectivity index (χ1) is 15.1. The molecule has 1 saturated heterocycles. The Hall–Kier alpha value is -1.71. The average Bonchev–Trinajstić information content (AvgIpc) is 3.00. The molecule has 1 aliphatic rings. The Kier molecular flexibility index (Phi) is 8.16. The zero-order valence-corrected chi connectivity index (χ0v) is 21.3. The van der Waals surface area contributed by atoms with Crippen molar-refractivity contribution < 1.29 is 23.9 Å². The Labute approximate surface area is 211 Å². The maximum atomic E-state index is 12.7. The van der Waals surface area contributed by atoms with E-state index >= 15 is 0 Å². The monoisotopic (exact) mass is 577 g/mol. The molecule has 11 heteroatoms. The molecule has 2 aromatic carbocycles. The van der Waals surface area contributed by atoms with Gasteiger partial charge in [0.25, 0.3) is 11.1 Å². The number of amides is 2. The van der Waals surface area contributed by atoms with Gasteiger partial charge in [-0.3, -0.25) is 14.5 Å². The van der Waals surface area contributed by atoms with Gasteiger partial charge in [-0.25, -0.2) is 4.79 Å². The van der Waals surface area contributed by atoms with Gasteiger partial charge in [0.2, 0.25) is 0 Å². The second-order valence-corrected chi connectivity index (χ2v) is 9.69. The number of halogens is 4. The highest BCUT2D eigenvalue weighted by Crippen LogP contribution is 2.38. The van der Waals surface area contributed by atoms with Crippen molar-refractivity contribution in [3.05, 3.63) is 65.9 Å². The van der Waals surface area contributed by atoms with Crippen molar-refractivity contribution in [3.63, 3.8) is 0 Å². The summed E-state index contributed by atoms with van der Waals surface area (Å²) in [4.78, 5) is 37.7. The number of esters is 1. The number of thioether (sulfide) groups is 1. The molecule has 0 aromatic heterocycles. The van der Waals surface area contributed by atoms with E-state index in [0.29, 0.717) is 25.8 Å². The van der Waals surface area contributed by atoms with Crippen LogP contribution in [0.3, 0.4) is 0 Å². The van der Waals surface area contributed by atoms with Gasteiger partial charge in [0.15, 0.2) is 5.75 Å². The molecule has 2 amide bonds. The molecule has 0 N–H and O–H groups in total. The summed E-state index contributed by atoms with van der Waals surface area (Å²) in [6.07, 6.45) is 1.52. The Morgan fingerprint density at radius 2 is 1.91 bits per heavy atom. The molecule has 1 fully saturated rings. The highest BCUT2D eigenvalue weighted by molar-refractivity contribution is 9.10. The van der Waals surface area contributed by atoms with Crippen LogP contribution in [0, 0.1) is 0 Å². The quantitative estimate of drug-likeness (QED) is 0.284. The van der Waals surface area contributed by atoms with Gasteiger partial charge in [-0.1, -0.05) is 40.9 Å². The van der Waals surface area contributed by atoms with Crippen molar-refractivity contribution in [2.24, 2.45) is 0 Å².